The second kappa shape index (κ2) is 6.93. The Bertz CT molecular complexity index is 408. The highest BCUT2D eigenvalue weighted by atomic mass is 16.5. The predicted octanol–water partition coefficient (Wildman–Crippen LogP) is -0.0798. The summed E-state index contributed by atoms with van der Waals surface area (Å²) in [6.45, 7) is 2.71. The molecule has 0 spiro atoms. The van der Waals surface area contributed by atoms with E-state index in [0.29, 0.717) is 24.5 Å². The van der Waals surface area contributed by atoms with Crippen molar-refractivity contribution < 1.29 is 14.6 Å². The normalized spacial score (nSPS) is 12.0. The van der Waals surface area contributed by atoms with Crippen LogP contribution in [0, 0.1) is 0 Å². The highest BCUT2D eigenvalue weighted by Gasteiger charge is 2.10. The quantitative estimate of drug-likeness (QED) is 0.660. The number of aliphatic hydroxyl groups is 1. The van der Waals surface area contributed by atoms with Crippen LogP contribution in [0.15, 0.2) is 12.3 Å². The van der Waals surface area contributed by atoms with Crippen LogP contribution >= 0.6 is 0 Å². The van der Waals surface area contributed by atoms with E-state index in [1.807, 2.05) is 0 Å². The average Bonchev–Trinajstić information content (AvgIpc) is 2.37. The molecule has 0 unspecified atom stereocenters. The van der Waals surface area contributed by atoms with Crippen molar-refractivity contribution in [2.24, 2.45) is 0 Å². The van der Waals surface area contributed by atoms with Crippen LogP contribution in [0.4, 0.5) is 0 Å². The molecule has 0 aliphatic heterocycles. The van der Waals surface area contributed by atoms with Crippen LogP contribution in [-0.2, 0) is 6.54 Å². The van der Waals surface area contributed by atoms with Gasteiger partial charge in [-0.05, 0) is 6.92 Å². The first-order valence-corrected chi connectivity index (χ1v) is 5.72. The van der Waals surface area contributed by atoms with Gasteiger partial charge in [0, 0.05) is 38.0 Å². The van der Waals surface area contributed by atoms with Crippen molar-refractivity contribution >= 4 is 5.91 Å². The van der Waals surface area contributed by atoms with Gasteiger partial charge in [0.05, 0.1) is 13.2 Å². The zero-order valence-electron chi connectivity index (χ0n) is 10.9. The summed E-state index contributed by atoms with van der Waals surface area (Å²) in [6.07, 6.45) is 1.19. The Labute approximate surface area is 106 Å². The number of nitrogens with zero attached hydrogens (tertiary/aromatic N) is 1. The molecule has 6 heteroatoms. The van der Waals surface area contributed by atoms with Gasteiger partial charge in [0.1, 0.15) is 11.4 Å². The van der Waals surface area contributed by atoms with Gasteiger partial charge in [-0.25, -0.2) is 0 Å². The first kappa shape index (κ1) is 14.4. The number of amides is 1. The Kier molecular flexibility index (Phi) is 5.54. The second-order valence-corrected chi connectivity index (χ2v) is 3.94. The van der Waals surface area contributed by atoms with Gasteiger partial charge in [0.25, 0.3) is 5.91 Å². The number of ether oxygens (including phenoxy) is 1. The van der Waals surface area contributed by atoms with E-state index in [0.717, 1.165) is 5.56 Å². The molecular weight excluding hydrogens is 234 g/mol. The van der Waals surface area contributed by atoms with E-state index in [1.54, 1.807) is 33.3 Å². The Balaban J connectivity index is 2.77. The summed E-state index contributed by atoms with van der Waals surface area (Å²) in [5, 5.41) is 14.7. The Morgan fingerprint density at radius 1 is 1.61 bits per heavy atom. The van der Waals surface area contributed by atoms with E-state index < -0.39 is 6.10 Å². The van der Waals surface area contributed by atoms with Crippen LogP contribution in [0.2, 0.25) is 0 Å². The molecular formula is C12H19N3O3. The molecule has 0 bridgehead atoms. The van der Waals surface area contributed by atoms with Crippen LogP contribution in [0.3, 0.4) is 0 Å². The van der Waals surface area contributed by atoms with E-state index in [2.05, 4.69) is 15.6 Å². The molecule has 0 saturated heterocycles. The number of pyridine rings is 1. The zero-order valence-corrected chi connectivity index (χ0v) is 10.9. The fourth-order valence-electron chi connectivity index (χ4n) is 1.46. The van der Waals surface area contributed by atoms with Crippen molar-refractivity contribution in [3.8, 4) is 5.75 Å². The number of carbonyl (C=O) groups excluding carboxylic acids is 1. The molecule has 100 valence electrons. The van der Waals surface area contributed by atoms with Crippen LogP contribution in [0.5, 0.6) is 5.75 Å². The van der Waals surface area contributed by atoms with Gasteiger partial charge in [-0.1, -0.05) is 0 Å². The molecule has 1 heterocycles. The molecule has 0 radical (unpaired) electrons. The third-order valence-electron chi connectivity index (χ3n) is 2.38. The third-order valence-corrected chi connectivity index (χ3v) is 2.38. The van der Waals surface area contributed by atoms with Gasteiger partial charge in [-0.2, -0.15) is 0 Å². The third kappa shape index (κ3) is 3.97. The molecule has 3 N–H and O–H groups in total. The summed E-state index contributed by atoms with van der Waals surface area (Å²) in [7, 11) is 3.09. The molecule has 1 aromatic rings. The van der Waals surface area contributed by atoms with Crippen molar-refractivity contribution in [2.75, 3.05) is 20.7 Å². The topological polar surface area (TPSA) is 83.5 Å². The highest BCUT2D eigenvalue weighted by molar-refractivity contribution is 5.92. The molecule has 0 aliphatic rings. The predicted molar refractivity (Wildman–Crippen MR) is 67.6 cm³/mol. The lowest BCUT2D eigenvalue weighted by molar-refractivity contribution is 0.0957. The number of aromatic nitrogens is 1. The first-order chi connectivity index (χ1) is 8.58. The molecule has 18 heavy (non-hydrogen) atoms. The monoisotopic (exact) mass is 253 g/mol. The van der Waals surface area contributed by atoms with Crippen molar-refractivity contribution in [1.29, 1.82) is 0 Å². The van der Waals surface area contributed by atoms with Gasteiger partial charge in [0.2, 0.25) is 0 Å². The van der Waals surface area contributed by atoms with Crippen LogP contribution in [-0.4, -0.2) is 42.8 Å². The summed E-state index contributed by atoms with van der Waals surface area (Å²) in [5.74, 6) is 0.346. The number of carbonyl (C=O) groups is 1. The number of hydrogen-bond acceptors (Lipinski definition) is 5. The highest BCUT2D eigenvalue weighted by Crippen LogP contribution is 2.18. The number of hydrogen-bond donors (Lipinski definition) is 3. The average molecular weight is 253 g/mol. The van der Waals surface area contributed by atoms with E-state index in [9.17, 15) is 4.79 Å². The van der Waals surface area contributed by atoms with Crippen molar-refractivity contribution in [2.45, 2.75) is 19.6 Å². The number of aliphatic hydroxyl groups excluding tert-OH is 1. The van der Waals surface area contributed by atoms with Crippen molar-refractivity contribution in [1.82, 2.24) is 15.6 Å². The first-order valence-electron chi connectivity index (χ1n) is 5.72. The van der Waals surface area contributed by atoms with Crippen LogP contribution in [0.1, 0.15) is 23.0 Å². The van der Waals surface area contributed by atoms with Gasteiger partial charge < -0.3 is 20.5 Å². The molecule has 1 aromatic heterocycles. The minimum absolute atomic E-state index is 0.253. The maximum atomic E-state index is 11.4. The number of nitrogens with one attached hydrogen (secondary N) is 2. The maximum absolute atomic E-state index is 11.4. The van der Waals surface area contributed by atoms with Crippen molar-refractivity contribution in [3.05, 3.63) is 23.5 Å². The minimum atomic E-state index is -0.408. The molecule has 1 amide bonds. The molecule has 6 nitrogen and oxygen atoms in total. The summed E-state index contributed by atoms with van der Waals surface area (Å²) >= 11 is 0. The van der Waals surface area contributed by atoms with Gasteiger partial charge >= 0.3 is 0 Å². The molecule has 0 aliphatic carbocycles. The molecule has 0 saturated carbocycles. The van der Waals surface area contributed by atoms with Gasteiger partial charge in [-0.3, -0.25) is 9.78 Å². The largest absolute Gasteiger partial charge is 0.496 e. The molecule has 0 aromatic carbocycles. The SMILES string of the molecule is CNC(=O)c1cc(OC)c(CNC[C@H](C)O)cn1. The minimum Gasteiger partial charge on any atom is -0.496 e. The van der Waals surface area contributed by atoms with Gasteiger partial charge in [0.15, 0.2) is 0 Å². The summed E-state index contributed by atoms with van der Waals surface area (Å²) < 4.78 is 5.22. The summed E-state index contributed by atoms with van der Waals surface area (Å²) in [6, 6.07) is 1.60. The second-order valence-electron chi connectivity index (χ2n) is 3.94. The zero-order chi connectivity index (χ0) is 13.5. The summed E-state index contributed by atoms with van der Waals surface area (Å²) in [5.41, 5.74) is 1.15. The van der Waals surface area contributed by atoms with Crippen LogP contribution in [0.25, 0.3) is 0 Å². The van der Waals surface area contributed by atoms with E-state index in [4.69, 9.17) is 9.84 Å². The van der Waals surface area contributed by atoms with E-state index in [1.165, 1.54) is 0 Å². The Morgan fingerprint density at radius 2 is 2.33 bits per heavy atom. The Hall–Kier alpha value is -1.66. The lowest BCUT2D eigenvalue weighted by Crippen LogP contribution is -2.24. The van der Waals surface area contributed by atoms with E-state index >= 15 is 0 Å². The van der Waals surface area contributed by atoms with Gasteiger partial charge in [-0.15, -0.1) is 0 Å². The van der Waals surface area contributed by atoms with Crippen LogP contribution < -0.4 is 15.4 Å². The van der Waals surface area contributed by atoms with E-state index in [-0.39, 0.29) is 5.91 Å². The summed E-state index contributed by atoms with van der Waals surface area (Å²) in [4.78, 5) is 15.5. The smallest absolute Gasteiger partial charge is 0.269 e. The molecule has 0 fully saturated rings. The standard InChI is InChI=1S/C12H19N3O3/c1-8(16)5-14-6-9-7-15-10(12(17)13-2)4-11(9)18-3/h4,7-8,14,16H,5-6H2,1-3H3,(H,13,17)/t8-/m0/s1. The lowest BCUT2D eigenvalue weighted by Gasteiger charge is -2.11. The number of rotatable bonds is 6. The van der Waals surface area contributed by atoms with Crippen molar-refractivity contribution in [3.63, 3.8) is 0 Å². The fourth-order valence-corrected chi connectivity index (χ4v) is 1.46. The maximum Gasteiger partial charge on any atom is 0.269 e. The molecule has 1 rings (SSSR count). The fraction of sp³-hybridized carbons (Fsp3) is 0.500. The lowest BCUT2D eigenvalue weighted by atomic mass is 10.2. The Morgan fingerprint density at radius 3 is 2.89 bits per heavy atom. The molecule has 1 atom stereocenters. The number of methoxy groups -OCH3 is 1.